The van der Waals surface area contributed by atoms with Crippen molar-refractivity contribution in [3.8, 4) is 0 Å². The molecule has 0 saturated heterocycles. The van der Waals surface area contributed by atoms with Gasteiger partial charge in [0.25, 0.3) is 0 Å². The van der Waals surface area contributed by atoms with Crippen LogP contribution in [0.25, 0.3) is 0 Å². The molecule has 0 spiro atoms. The molecule has 0 saturated carbocycles. The van der Waals surface area contributed by atoms with E-state index in [-0.39, 0.29) is 6.61 Å². The van der Waals surface area contributed by atoms with Crippen LogP contribution in [0, 0.1) is 0 Å². The highest BCUT2D eigenvalue weighted by molar-refractivity contribution is 7.47. The maximum absolute atomic E-state index is 11.9. The van der Waals surface area contributed by atoms with Crippen LogP contribution in [0.4, 0.5) is 0 Å². The summed E-state index contributed by atoms with van der Waals surface area (Å²) in [7, 11) is 1.04. The molecule has 30 heavy (non-hydrogen) atoms. The molecule has 0 aliphatic rings. The normalized spacial score (nSPS) is 14.4. The number of phosphoric acid groups is 1. The number of likely N-dealkylation sites (N-methyl/N-ethyl adjacent to an activating group) is 1. The predicted molar refractivity (Wildman–Crippen MR) is 99.2 cm³/mol. The van der Waals surface area contributed by atoms with Crippen LogP contribution >= 0.6 is 7.82 Å². The van der Waals surface area contributed by atoms with E-state index in [0.717, 1.165) is 0 Å². The first-order chi connectivity index (χ1) is 13.7. The number of carboxylic acid groups (broad SMARTS) is 2. The van der Waals surface area contributed by atoms with Crippen molar-refractivity contribution in [2.75, 3.05) is 47.5 Å². The average molecular weight is 458 g/mol. The predicted octanol–water partition coefficient (Wildman–Crippen LogP) is 0.0108. The number of ether oxygens (including phenoxy) is 2. The van der Waals surface area contributed by atoms with E-state index in [1.807, 2.05) is 21.1 Å². The van der Waals surface area contributed by atoms with Crippen molar-refractivity contribution in [3.05, 3.63) is 0 Å². The lowest BCUT2D eigenvalue weighted by Gasteiger charge is -2.24. The van der Waals surface area contributed by atoms with E-state index < -0.39 is 76.7 Å². The van der Waals surface area contributed by atoms with Gasteiger partial charge in [0, 0.05) is 0 Å². The number of esters is 2. The highest BCUT2D eigenvalue weighted by Gasteiger charge is 2.27. The minimum Gasteiger partial charge on any atom is -0.481 e. The maximum Gasteiger partial charge on any atom is 0.472 e. The third-order valence-corrected chi connectivity index (χ3v) is 4.24. The number of quaternary nitrogens is 1. The second kappa shape index (κ2) is 13.3. The second-order valence-corrected chi connectivity index (χ2v) is 8.65. The Bertz CT molecular complexity index is 645. The molecular weight excluding hydrogens is 429 g/mol. The number of hydrogen-bond donors (Lipinski definition) is 3. The average Bonchev–Trinajstić information content (AvgIpc) is 2.59. The summed E-state index contributed by atoms with van der Waals surface area (Å²) in [6.45, 7) is -0.952. The monoisotopic (exact) mass is 458 g/mol. The molecule has 0 aliphatic heterocycles. The Morgan fingerprint density at radius 2 is 1.40 bits per heavy atom. The maximum atomic E-state index is 11.9. The van der Waals surface area contributed by atoms with E-state index in [1.165, 1.54) is 0 Å². The van der Waals surface area contributed by atoms with Crippen LogP contribution in [0.2, 0.25) is 0 Å². The molecule has 14 heteroatoms. The van der Waals surface area contributed by atoms with Gasteiger partial charge in [-0.25, -0.2) is 4.57 Å². The molecule has 0 heterocycles. The first-order valence-electron chi connectivity index (χ1n) is 8.91. The SMILES string of the molecule is C[N+](C)(C)CCOP(=O)(O)OC[C@@H](COC(=O)CCC(=O)O)OC(=O)CCC(=O)O. The van der Waals surface area contributed by atoms with Crippen molar-refractivity contribution in [1.29, 1.82) is 0 Å². The first kappa shape index (κ1) is 27.9. The minimum absolute atomic E-state index is 0.0927. The molecule has 174 valence electrons. The van der Waals surface area contributed by atoms with Gasteiger partial charge in [-0.1, -0.05) is 0 Å². The molecule has 0 rings (SSSR count). The van der Waals surface area contributed by atoms with Crippen LogP contribution in [-0.4, -0.2) is 97.1 Å². The van der Waals surface area contributed by atoms with Gasteiger partial charge in [0.05, 0.1) is 53.4 Å². The van der Waals surface area contributed by atoms with E-state index >= 15 is 0 Å². The van der Waals surface area contributed by atoms with Crippen LogP contribution in [-0.2, 0) is 42.3 Å². The molecule has 0 aliphatic carbocycles. The van der Waals surface area contributed by atoms with Gasteiger partial charge >= 0.3 is 31.7 Å². The number of aliphatic carboxylic acids is 2. The summed E-state index contributed by atoms with van der Waals surface area (Å²) < 4.78 is 31.7. The Balaban J connectivity index is 4.74. The fraction of sp³-hybridized carbons (Fsp3) is 0.750. The van der Waals surface area contributed by atoms with Crippen LogP contribution in [0.1, 0.15) is 25.7 Å². The van der Waals surface area contributed by atoms with Gasteiger partial charge in [0.15, 0.2) is 6.10 Å². The summed E-state index contributed by atoms with van der Waals surface area (Å²) in [6.07, 6.45) is -3.21. The Kier molecular flexibility index (Phi) is 12.4. The van der Waals surface area contributed by atoms with Crippen LogP contribution in [0.15, 0.2) is 0 Å². The highest BCUT2D eigenvalue weighted by atomic mass is 31.2. The number of rotatable bonds is 16. The van der Waals surface area contributed by atoms with Gasteiger partial charge in [-0.15, -0.1) is 0 Å². The summed E-state index contributed by atoms with van der Waals surface area (Å²) >= 11 is 0. The zero-order valence-electron chi connectivity index (χ0n) is 17.1. The fourth-order valence-electron chi connectivity index (χ4n) is 1.68. The number of phosphoric ester groups is 1. The first-order valence-corrected chi connectivity index (χ1v) is 10.4. The van der Waals surface area contributed by atoms with Gasteiger partial charge in [-0.05, 0) is 0 Å². The summed E-state index contributed by atoms with van der Waals surface area (Å²) in [4.78, 5) is 53.9. The molecule has 0 fully saturated rings. The molecule has 0 aromatic carbocycles. The molecule has 13 nitrogen and oxygen atoms in total. The van der Waals surface area contributed by atoms with E-state index in [1.54, 1.807) is 0 Å². The molecule has 0 radical (unpaired) electrons. The Morgan fingerprint density at radius 1 is 0.867 bits per heavy atom. The number of nitrogens with zero attached hydrogens (tertiary/aromatic N) is 1. The summed E-state index contributed by atoms with van der Waals surface area (Å²) in [5.41, 5.74) is 0. The van der Waals surface area contributed by atoms with E-state index in [4.69, 9.17) is 28.7 Å². The van der Waals surface area contributed by atoms with E-state index in [9.17, 15) is 28.6 Å². The quantitative estimate of drug-likeness (QED) is 0.160. The van der Waals surface area contributed by atoms with Gasteiger partial charge < -0.3 is 29.1 Å². The zero-order valence-corrected chi connectivity index (χ0v) is 18.0. The molecule has 3 N–H and O–H groups in total. The van der Waals surface area contributed by atoms with Gasteiger partial charge in [-0.2, -0.15) is 0 Å². The van der Waals surface area contributed by atoms with Crippen molar-refractivity contribution in [1.82, 2.24) is 0 Å². The summed E-state index contributed by atoms with van der Waals surface area (Å²) in [6, 6.07) is 0. The third-order valence-electron chi connectivity index (χ3n) is 3.25. The van der Waals surface area contributed by atoms with Crippen LogP contribution in [0.5, 0.6) is 0 Å². The van der Waals surface area contributed by atoms with Gasteiger partial charge in [0.2, 0.25) is 0 Å². The van der Waals surface area contributed by atoms with Crippen molar-refractivity contribution in [3.63, 3.8) is 0 Å². The fourth-order valence-corrected chi connectivity index (χ4v) is 2.42. The summed E-state index contributed by atoms with van der Waals surface area (Å²) in [5, 5.41) is 17.1. The van der Waals surface area contributed by atoms with Crippen molar-refractivity contribution < 1.29 is 61.9 Å². The van der Waals surface area contributed by atoms with Crippen LogP contribution in [0.3, 0.4) is 0 Å². The van der Waals surface area contributed by atoms with Crippen LogP contribution < -0.4 is 0 Å². The zero-order chi connectivity index (χ0) is 23.4. The topological polar surface area (TPSA) is 183 Å². The standard InChI is InChI=1S/C16H28NO12P/c1-17(2,3)8-9-27-30(24,25)28-11-12(29-16(23)7-5-14(20)21)10-26-15(22)6-4-13(18)19/h12H,4-11H2,1-3H3,(H2-,18,19,20,21,24,25)/p+1/t12-/m1/s1. The number of carbonyl (C=O) groups excluding carboxylic acids is 2. The summed E-state index contributed by atoms with van der Waals surface area (Å²) in [5.74, 6) is -4.29. The lowest BCUT2D eigenvalue weighted by Crippen LogP contribution is -2.37. The van der Waals surface area contributed by atoms with E-state index in [2.05, 4.69) is 0 Å². The molecule has 0 aromatic rings. The lowest BCUT2D eigenvalue weighted by molar-refractivity contribution is -0.870. The molecule has 1 unspecified atom stereocenters. The largest absolute Gasteiger partial charge is 0.481 e. The Morgan fingerprint density at radius 3 is 1.90 bits per heavy atom. The van der Waals surface area contributed by atoms with Gasteiger partial charge in [0.1, 0.15) is 19.8 Å². The highest BCUT2D eigenvalue weighted by Crippen LogP contribution is 2.43. The van der Waals surface area contributed by atoms with Crippen molar-refractivity contribution >= 4 is 31.7 Å². The van der Waals surface area contributed by atoms with Crippen molar-refractivity contribution in [2.24, 2.45) is 0 Å². The smallest absolute Gasteiger partial charge is 0.472 e. The second-order valence-electron chi connectivity index (χ2n) is 7.19. The minimum atomic E-state index is -4.49. The molecular formula is C16H29NO12P+. The van der Waals surface area contributed by atoms with Crippen molar-refractivity contribution in [2.45, 2.75) is 31.8 Å². The molecule has 0 bridgehead atoms. The third kappa shape index (κ3) is 16.9. The number of carbonyl (C=O) groups is 4. The number of hydrogen-bond acceptors (Lipinski definition) is 9. The Labute approximate surface area is 173 Å². The number of carboxylic acids is 2. The molecule has 0 amide bonds. The lowest BCUT2D eigenvalue weighted by atomic mass is 10.3. The molecule has 2 atom stereocenters. The van der Waals surface area contributed by atoms with E-state index in [0.29, 0.717) is 11.0 Å². The Hall–Kier alpha value is -2.05. The molecule has 0 aromatic heterocycles. The van der Waals surface area contributed by atoms with Gasteiger partial charge in [-0.3, -0.25) is 28.2 Å².